The second-order valence-corrected chi connectivity index (χ2v) is 6.52. The van der Waals surface area contributed by atoms with Gasteiger partial charge in [0.2, 0.25) is 0 Å². The lowest BCUT2D eigenvalue weighted by Crippen LogP contribution is -2.33. The standard InChI is InChI=1S/C17H28BrNO/c1-4-5-8-12-19(14(2)3)13-11-17(20)15-9-6-7-10-16(15)18/h6-7,9-10,14,17,20H,4-5,8,11-13H2,1-3H3. The van der Waals surface area contributed by atoms with Crippen molar-refractivity contribution in [3.05, 3.63) is 34.3 Å². The molecule has 1 aromatic carbocycles. The number of hydrogen-bond donors (Lipinski definition) is 1. The summed E-state index contributed by atoms with van der Waals surface area (Å²) in [5.41, 5.74) is 0.991. The third-order valence-corrected chi connectivity index (χ3v) is 4.46. The van der Waals surface area contributed by atoms with Crippen LogP contribution in [-0.4, -0.2) is 29.1 Å². The maximum Gasteiger partial charge on any atom is 0.0813 e. The van der Waals surface area contributed by atoms with Gasteiger partial charge in [0, 0.05) is 17.1 Å². The van der Waals surface area contributed by atoms with E-state index in [4.69, 9.17) is 0 Å². The lowest BCUT2D eigenvalue weighted by molar-refractivity contribution is 0.128. The molecule has 0 saturated carbocycles. The van der Waals surface area contributed by atoms with Gasteiger partial charge in [0.15, 0.2) is 0 Å². The van der Waals surface area contributed by atoms with Gasteiger partial charge in [-0.2, -0.15) is 0 Å². The van der Waals surface area contributed by atoms with Crippen LogP contribution in [-0.2, 0) is 0 Å². The highest BCUT2D eigenvalue weighted by atomic mass is 79.9. The first-order valence-corrected chi connectivity index (χ1v) is 8.52. The second-order valence-electron chi connectivity index (χ2n) is 5.66. The highest BCUT2D eigenvalue weighted by Crippen LogP contribution is 2.25. The summed E-state index contributed by atoms with van der Waals surface area (Å²) in [5, 5.41) is 10.3. The predicted octanol–water partition coefficient (Wildman–Crippen LogP) is 4.77. The van der Waals surface area contributed by atoms with Crippen LogP contribution in [0.2, 0.25) is 0 Å². The van der Waals surface area contributed by atoms with E-state index in [9.17, 15) is 5.11 Å². The Morgan fingerprint density at radius 3 is 2.45 bits per heavy atom. The Hall–Kier alpha value is -0.380. The Morgan fingerprint density at radius 1 is 1.15 bits per heavy atom. The van der Waals surface area contributed by atoms with Crippen molar-refractivity contribution >= 4 is 15.9 Å². The van der Waals surface area contributed by atoms with E-state index in [2.05, 4.69) is 41.6 Å². The minimum atomic E-state index is -0.391. The molecule has 0 spiro atoms. The fraction of sp³-hybridized carbons (Fsp3) is 0.647. The van der Waals surface area contributed by atoms with Gasteiger partial charge in [-0.3, -0.25) is 0 Å². The topological polar surface area (TPSA) is 23.5 Å². The first-order chi connectivity index (χ1) is 9.56. The van der Waals surface area contributed by atoms with Crippen molar-refractivity contribution in [3.8, 4) is 0 Å². The first-order valence-electron chi connectivity index (χ1n) is 7.72. The number of benzene rings is 1. The Morgan fingerprint density at radius 2 is 1.85 bits per heavy atom. The lowest BCUT2D eigenvalue weighted by Gasteiger charge is -2.27. The summed E-state index contributed by atoms with van der Waals surface area (Å²) in [6.07, 6.45) is 4.19. The minimum absolute atomic E-state index is 0.391. The largest absolute Gasteiger partial charge is 0.388 e. The van der Waals surface area contributed by atoms with Crippen LogP contribution in [0, 0.1) is 0 Å². The van der Waals surface area contributed by atoms with Crippen LogP contribution < -0.4 is 0 Å². The monoisotopic (exact) mass is 341 g/mol. The van der Waals surface area contributed by atoms with Gasteiger partial charge < -0.3 is 10.0 Å². The van der Waals surface area contributed by atoms with Gasteiger partial charge in [-0.25, -0.2) is 0 Å². The Kier molecular flexibility index (Phi) is 8.43. The summed E-state index contributed by atoms with van der Waals surface area (Å²) in [6.45, 7) is 8.78. The highest BCUT2D eigenvalue weighted by Gasteiger charge is 2.14. The molecule has 0 heterocycles. The summed E-state index contributed by atoms with van der Waals surface area (Å²) in [5.74, 6) is 0. The van der Waals surface area contributed by atoms with E-state index in [1.807, 2.05) is 24.3 Å². The van der Waals surface area contributed by atoms with Crippen LogP contribution >= 0.6 is 15.9 Å². The summed E-state index contributed by atoms with van der Waals surface area (Å²) in [6, 6.07) is 8.47. The molecule has 1 unspecified atom stereocenters. The van der Waals surface area contributed by atoms with Crippen molar-refractivity contribution in [2.75, 3.05) is 13.1 Å². The Balaban J connectivity index is 2.48. The van der Waals surface area contributed by atoms with Crippen LogP contribution in [0.5, 0.6) is 0 Å². The van der Waals surface area contributed by atoms with E-state index in [1.165, 1.54) is 19.3 Å². The number of nitrogens with zero attached hydrogens (tertiary/aromatic N) is 1. The zero-order valence-electron chi connectivity index (χ0n) is 13.0. The number of rotatable bonds is 9. The fourth-order valence-electron chi connectivity index (χ4n) is 2.38. The lowest BCUT2D eigenvalue weighted by atomic mass is 10.1. The van der Waals surface area contributed by atoms with E-state index >= 15 is 0 Å². The SMILES string of the molecule is CCCCCN(CCC(O)c1ccccc1Br)C(C)C. The van der Waals surface area contributed by atoms with Crippen LogP contribution in [0.15, 0.2) is 28.7 Å². The highest BCUT2D eigenvalue weighted by molar-refractivity contribution is 9.10. The molecule has 3 heteroatoms. The predicted molar refractivity (Wildman–Crippen MR) is 90.0 cm³/mol. The van der Waals surface area contributed by atoms with E-state index in [1.54, 1.807) is 0 Å². The van der Waals surface area contributed by atoms with Gasteiger partial charge >= 0.3 is 0 Å². The van der Waals surface area contributed by atoms with Crippen molar-refractivity contribution in [1.29, 1.82) is 0 Å². The molecular weight excluding hydrogens is 314 g/mol. The molecule has 1 aromatic rings. The van der Waals surface area contributed by atoms with E-state index in [-0.39, 0.29) is 0 Å². The van der Waals surface area contributed by atoms with Gasteiger partial charge in [0.05, 0.1) is 6.10 Å². The summed E-state index contributed by atoms with van der Waals surface area (Å²) < 4.78 is 0.995. The molecule has 0 aliphatic heterocycles. The molecule has 0 bridgehead atoms. The molecule has 1 rings (SSSR count). The molecule has 0 radical (unpaired) electrons. The molecule has 1 atom stereocenters. The van der Waals surface area contributed by atoms with Crippen molar-refractivity contribution in [3.63, 3.8) is 0 Å². The Labute approximate surface area is 132 Å². The second kappa shape index (κ2) is 9.54. The van der Waals surface area contributed by atoms with Gasteiger partial charge in [-0.15, -0.1) is 0 Å². The molecular formula is C17H28BrNO. The van der Waals surface area contributed by atoms with Crippen LogP contribution in [0.3, 0.4) is 0 Å². The normalized spacial score (nSPS) is 13.2. The molecule has 0 saturated heterocycles. The molecule has 0 aliphatic carbocycles. The van der Waals surface area contributed by atoms with Crippen molar-refractivity contribution in [2.24, 2.45) is 0 Å². The average molecular weight is 342 g/mol. The van der Waals surface area contributed by atoms with Crippen LogP contribution in [0.1, 0.15) is 58.1 Å². The Bertz CT molecular complexity index is 381. The molecule has 114 valence electrons. The number of aliphatic hydroxyl groups excluding tert-OH is 1. The smallest absolute Gasteiger partial charge is 0.0813 e. The first kappa shape index (κ1) is 17.7. The maximum absolute atomic E-state index is 10.3. The average Bonchev–Trinajstić information content (AvgIpc) is 2.42. The van der Waals surface area contributed by atoms with Crippen molar-refractivity contribution < 1.29 is 5.11 Å². The molecule has 20 heavy (non-hydrogen) atoms. The van der Waals surface area contributed by atoms with Gasteiger partial charge in [-0.1, -0.05) is 53.9 Å². The maximum atomic E-state index is 10.3. The molecule has 0 aliphatic rings. The van der Waals surface area contributed by atoms with E-state index < -0.39 is 6.10 Å². The fourth-order valence-corrected chi connectivity index (χ4v) is 2.93. The molecule has 0 amide bonds. The van der Waals surface area contributed by atoms with Crippen molar-refractivity contribution in [2.45, 2.75) is 58.6 Å². The van der Waals surface area contributed by atoms with Crippen LogP contribution in [0.4, 0.5) is 0 Å². The number of aliphatic hydroxyl groups is 1. The summed E-state index contributed by atoms with van der Waals surface area (Å²) >= 11 is 3.51. The number of halogens is 1. The number of hydrogen-bond acceptors (Lipinski definition) is 2. The quantitative estimate of drug-likeness (QED) is 0.653. The van der Waals surface area contributed by atoms with Gasteiger partial charge in [0.1, 0.15) is 0 Å². The van der Waals surface area contributed by atoms with E-state index in [0.717, 1.165) is 29.5 Å². The summed E-state index contributed by atoms with van der Waals surface area (Å²) in [4.78, 5) is 2.47. The van der Waals surface area contributed by atoms with Gasteiger partial charge in [-0.05, 0) is 44.9 Å². The summed E-state index contributed by atoms with van der Waals surface area (Å²) in [7, 11) is 0. The van der Waals surface area contributed by atoms with Gasteiger partial charge in [0.25, 0.3) is 0 Å². The zero-order valence-corrected chi connectivity index (χ0v) is 14.6. The van der Waals surface area contributed by atoms with Crippen molar-refractivity contribution in [1.82, 2.24) is 4.90 Å². The third kappa shape index (κ3) is 5.94. The molecule has 2 nitrogen and oxygen atoms in total. The van der Waals surface area contributed by atoms with E-state index in [0.29, 0.717) is 6.04 Å². The van der Waals surface area contributed by atoms with Crippen LogP contribution in [0.25, 0.3) is 0 Å². The zero-order chi connectivity index (χ0) is 15.0. The molecule has 0 fully saturated rings. The third-order valence-electron chi connectivity index (χ3n) is 3.73. The number of unbranched alkanes of at least 4 members (excludes halogenated alkanes) is 2. The molecule has 0 aromatic heterocycles. The molecule has 1 N–H and O–H groups in total. The minimum Gasteiger partial charge on any atom is -0.388 e.